The molecule has 0 aliphatic heterocycles. The highest BCUT2D eigenvalue weighted by atomic mass is 16.5. The van der Waals surface area contributed by atoms with Crippen LogP contribution in [0.25, 0.3) is 28.6 Å². The van der Waals surface area contributed by atoms with Crippen LogP contribution in [0.3, 0.4) is 0 Å². The molecule has 138 valence electrons. The van der Waals surface area contributed by atoms with Gasteiger partial charge in [-0.25, -0.2) is 0 Å². The van der Waals surface area contributed by atoms with Gasteiger partial charge in [0.1, 0.15) is 0 Å². The van der Waals surface area contributed by atoms with Gasteiger partial charge in [0.2, 0.25) is 0 Å². The van der Waals surface area contributed by atoms with Gasteiger partial charge in [-0.3, -0.25) is 0 Å². The first-order valence-corrected chi connectivity index (χ1v) is 9.41. The number of aromatic nitrogens is 1. The smallest absolute Gasteiger partial charge is 0.161 e. The van der Waals surface area contributed by atoms with Crippen molar-refractivity contribution < 1.29 is 9.47 Å². The van der Waals surface area contributed by atoms with Crippen molar-refractivity contribution in [3.8, 4) is 11.5 Å². The summed E-state index contributed by atoms with van der Waals surface area (Å²) >= 11 is 0. The topological polar surface area (TPSA) is 22.9 Å². The Morgan fingerprint density at radius 1 is 0.964 bits per heavy atom. The molecule has 0 saturated heterocycles. The zero-order valence-corrected chi connectivity index (χ0v) is 16.0. The van der Waals surface area contributed by atoms with Crippen molar-refractivity contribution in [1.29, 1.82) is 0 Å². The van der Waals surface area contributed by atoms with Crippen LogP contribution in [0, 0.1) is 0 Å². The number of hydrogen-bond donors (Lipinski definition) is 0. The number of hydrogen-bond acceptors (Lipinski definition) is 2. The Bertz CT molecular complexity index is 1360. The van der Waals surface area contributed by atoms with Crippen LogP contribution in [0.5, 0.6) is 11.5 Å². The van der Waals surface area contributed by atoms with Gasteiger partial charge in [0.05, 0.1) is 25.3 Å². The fraction of sp³-hybridized carbons (Fsp3) is 0.120. The number of ether oxygens (including phenoxy) is 2. The molecular formula is C25H21NO2. The number of methoxy groups -OCH3 is 2. The van der Waals surface area contributed by atoms with E-state index in [-0.39, 0.29) is 0 Å². The maximum absolute atomic E-state index is 5.50. The van der Waals surface area contributed by atoms with Crippen LogP contribution in [0.4, 0.5) is 0 Å². The van der Waals surface area contributed by atoms with E-state index in [0.717, 1.165) is 23.5 Å². The minimum absolute atomic E-state index is 0.738. The predicted octanol–water partition coefficient (Wildman–Crippen LogP) is 3.83. The number of nitrogens with zero attached hydrogens (tertiary/aromatic N) is 1. The number of para-hydroxylation sites is 1. The highest BCUT2D eigenvalue weighted by Gasteiger charge is 2.12. The molecule has 2 heterocycles. The Balaban J connectivity index is 1.89. The van der Waals surface area contributed by atoms with Gasteiger partial charge in [0.15, 0.2) is 11.5 Å². The van der Waals surface area contributed by atoms with Crippen molar-refractivity contribution in [3.05, 3.63) is 88.4 Å². The molecule has 0 bridgehead atoms. The summed E-state index contributed by atoms with van der Waals surface area (Å²) in [5, 5.41) is 3.78. The van der Waals surface area contributed by atoms with Crippen LogP contribution in [0.2, 0.25) is 0 Å². The molecule has 0 amide bonds. The lowest BCUT2D eigenvalue weighted by Gasteiger charge is -2.09. The first-order chi connectivity index (χ1) is 13.8. The van der Waals surface area contributed by atoms with Crippen LogP contribution in [-0.4, -0.2) is 18.6 Å². The number of fused-ring (bicyclic) bond motifs is 5. The van der Waals surface area contributed by atoms with Gasteiger partial charge >= 0.3 is 0 Å². The Morgan fingerprint density at radius 2 is 1.82 bits per heavy atom. The van der Waals surface area contributed by atoms with Gasteiger partial charge in [-0.15, -0.1) is 0 Å². The van der Waals surface area contributed by atoms with Gasteiger partial charge in [-0.05, 0) is 53.1 Å². The first-order valence-electron chi connectivity index (χ1n) is 9.41. The average Bonchev–Trinajstić information content (AvgIpc) is 3.08. The van der Waals surface area contributed by atoms with Crippen molar-refractivity contribution in [2.45, 2.75) is 6.42 Å². The standard InChI is InChI=1S/C25H21NO2/c1-27-23-12-11-17(16-24(23)28-2)15-21-20-9-5-6-10-22(20)26-14-13-18-7-3-4-8-19(18)25(21)26/h3-7,9-16H,8H2,1-2H3. The number of benzene rings is 2. The lowest BCUT2D eigenvalue weighted by molar-refractivity contribution is 0.355. The minimum Gasteiger partial charge on any atom is -0.493 e. The van der Waals surface area contributed by atoms with Crippen molar-refractivity contribution in [1.82, 2.24) is 4.40 Å². The molecule has 0 atom stereocenters. The average molecular weight is 367 g/mol. The zero-order valence-electron chi connectivity index (χ0n) is 16.0. The molecule has 5 rings (SSSR count). The molecule has 0 N–H and O–H groups in total. The SMILES string of the molecule is COc1ccc(C=c2c3ccccc3n3ccc4c(c23)CC=CC=4)cc1OC. The highest BCUT2D eigenvalue weighted by molar-refractivity contribution is 5.91. The lowest BCUT2D eigenvalue weighted by Crippen LogP contribution is -2.16. The van der Waals surface area contributed by atoms with Crippen molar-refractivity contribution in [2.24, 2.45) is 0 Å². The molecule has 0 unspecified atom stereocenters. The Kier molecular flexibility index (Phi) is 3.94. The van der Waals surface area contributed by atoms with Gasteiger partial charge in [-0.1, -0.05) is 42.5 Å². The Morgan fingerprint density at radius 3 is 2.68 bits per heavy atom. The summed E-state index contributed by atoms with van der Waals surface area (Å²) in [6, 6.07) is 16.8. The van der Waals surface area contributed by atoms with Crippen molar-refractivity contribution in [2.75, 3.05) is 14.2 Å². The van der Waals surface area contributed by atoms with Gasteiger partial charge < -0.3 is 13.9 Å². The van der Waals surface area contributed by atoms with Crippen LogP contribution >= 0.6 is 0 Å². The summed E-state index contributed by atoms with van der Waals surface area (Å²) in [5.41, 5.74) is 4.95. The van der Waals surface area contributed by atoms with E-state index < -0.39 is 0 Å². The molecule has 28 heavy (non-hydrogen) atoms. The first kappa shape index (κ1) is 16.7. The van der Waals surface area contributed by atoms with Crippen LogP contribution in [-0.2, 0) is 6.42 Å². The van der Waals surface area contributed by atoms with Gasteiger partial charge in [0.25, 0.3) is 0 Å². The molecular weight excluding hydrogens is 346 g/mol. The number of pyridine rings is 1. The zero-order chi connectivity index (χ0) is 19.1. The molecule has 0 spiro atoms. The predicted molar refractivity (Wildman–Crippen MR) is 115 cm³/mol. The third kappa shape index (κ3) is 2.51. The molecule has 2 aromatic carbocycles. The van der Waals surface area contributed by atoms with Gasteiger partial charge in [0, 0.05) is 16.8 Å². The third-order valence-corrected chi connectivity index (χ3v) is 5.44. The van der Waals surface area contributed by atoms with Crippen LogP contribution in [0.1, 0.15) is 11.1 Å². The fourth-order valence-electron chi connectivity index (χ4n) is 4.13. The van der Waals surface area contributed by atoms with Crippen LogP contribution < -0.4 is 19.9 Å². The van der Waals surface area contributed by atoms with E-state index in [1.165, 1.54) is 32.4 Å². The molecule has 2 aromatic heterocycles. The summed E-state index contributed by atoms with van der Waals surface area (Å²) in [4.78, 5) is 0. The van der Waals surface area contributed by atoms with E-state index in [2.05, 4.69) is 71.3 Å². The normalized spacial score (nSPS) is 13.6. The Hall–Kier alpha value is -3.46. The maximum Gasteiger partial charge on any atom is 0.161 e. The monoisotopic (exact) mass is 367 g/mol. The van der Waals surface area contributed by atoms with Gasteiger partial charge in [-0.2, -0.15) is 0 Å². The molecule has 3 nitrogen and oxygen atoms in total. The molecule has 4 aromatic rings. The summed E-state index contributed by atoms with van der Waals surface area (Å²) in [7, 11) is 3.33. The van der Waals surface area contributed by atoms with E-state index in [1.807, 2.05) is 12.1 Å². The lowest BCUT2D eigenvalue weighted by atomic mass is 10.0. The maximum atomic E-state index is 5.50. The summed E-state index contributed by atoms with van der Waals surface area (Å²) in [6.45, 7) is 0. The van der Waals surface area contributed by atoms with E-state index in [0.29, 0.717) is 0 Å². The number of rotatable bonds is 3. The second kappa shape index (κ2) is 6.61. The Labute approximate surface area is 163 Å². The fourth-order valence-corrected chi connectivity index (χ4v) is 4.13. The van der Waals surface area contributed by atoms with E-state index in [1.54, 1.807) is 14.2 Å². The van der Waals surface area contributed by atoms with E-state index in [9.17, 15) is 0 Å². The minimum atomic E-state index is 0.738. The third-order valence-electron chi connectivity index (χ3n) is 5.44. The molecule has 1 aliphatic carbocycles. The highest BCUT2D eigenvalue weighted by Crippen LogP contribution is 2.28. The molecule has 1 aliphatic rings. The van der Waals surface area contributed by atoms with E-state index in [4.69, 9.17) is 9.47 Å². The number of allylic oxidation sites excluding steroid dienone is 2. The second-order valence-electron chi connectivity index (χ2n) is 6.96. The molecule has 0 radical (unpaired) electrons. The molecule has 0 saturated carbocycles. The van der Waals surface area contributed by atoms with Crippen molar-refractivity contribution in [3.63, 3.8) is 0 Å². The molecule has 0 fully saturated rings. The van der Waals surface area contributed by atoms with Crippen molar-refractivity contribution >= 4 is 28.6 Å². The largest absolute Gasteiger partial charge is 0.493 e. The van der Waals surface area contributed by atoms with E-state index >= 15 is 0 Å². The molecule has 3 heteroatoms. The second-order valence-corrected chi connectivity index (χ2v) is 6.96. The summed E-state index contributed by atoms with van der Waals surface area (Å²) in [6.07, 6.45) is 11.9. The quantitative estimate of drug-likeness (QED) is 0.549. The van der Waals surface area contributed by atoms with Crippen LogP contribution in [0.15, 0.2) is 66.9 Å². The summed E-state index contributed by atoms with van der Waals surface area (Å²) < 4.78 is 13.2. The summed E-state index contributed by atoms with van der Waals surface area (Å²) in [5.74, 6) is 1.48.